The van der Waals surface area contributed by atoms with E-state index < -0.39 is 21.8 Å². The second-order valence-corrected chi connectivity index (χ2v) is 8.81. The normalized spacial score (nSPS) is 11.1. The minimum atomic E-state index is -4.18. The molecule has 0 aliphatic rings. The fourth-order valence-corrected chi connectivity index (χ4v) is 4.25. The molecule has 10 nitrogen and oxygen atoms in total. The van der Waals surface area contributed by atoms with Crippen LogP contribution in [0.4, 0.5) is 11.4 Å². The van der Waals surface area contributed by atoms with Crippen molar-refractivity contribution in [2.45, 2.75) is 4.90 Å². The predicted molar refractivity (Wildman–Crippen MR) is 126 cm³/mol. The van der Waals surface area contributed by atoms with Crippen LogP contribution in [0.25, 0.3) is 10.9 Å². The number of nitrogens with one attached hydrogen (secondary N) is 3. The summed E-state index contributed by atoms with van der Waals surface area (Å²) in [6.45, 7) is 0. The third kappa shape index (κ3) is 4.50. The van der Waals surface area contributed by atoms with Gasteiger partial charge in [0.1, 0.15) is 17.1 Å². The first kappa shape index (κ1) is 22.7. The third-order valence-electron chi connectivity index (χ3n) is 5.00. The van der Waals surface area contributed by atoms with Gasteiger partial charge in [-0.3, -0.25) is 9.59 Å². The van der Waals surface area contributed by atoms with Gasteiger partial charge in [-0.1, -0.05) is 18.2 Å². The number of benzene rings is 3. The van der Waals surface area contributed by atoms with Crippen molar-refractivity contribution in [3.8, 4) is 5.75 Å². The van der Waals surface area contributed by atoms with Crippen molar-refractivity contribution in [3.63, 3.8) is 0 Å². The van der Waals surface area contributed by atoms with Crippen molar-refractivity contribution in [1.29, 1.82) is 0 Å². The minimum Gasteiger partial charge on any atom is -0.497 e. The van der Waals surface area contributed by atoms with E-state index in [-0.39, 0.29) is 21.8 Å². The van der Waals surface area contributed by atoms with E-state index in [1.807, 2.05) is 4.72 Å². The van der Waals surface area contributed by atoms with Crippen LogP contribution < -0.4 is 14.8 Å². The average molecular weight is 478 g/mol. The smallest absolute Gasteiger partial charge is 0.281 e. The van der Waals surface area contributed by atoms with Crippen LogP contribution in [0.1, 0.15) is 20.8 Å². The summed E-state index contributed by atoms with van der Waals surface area (Å²) in [6, 6.07) is 18.2. The van der Waals surface area contributed by atoms with Crippen LogP contribution in [-0.4, -0.2) is 32.3 Å². The van der Waals surface area contributed by atoms with Crippen molar-refractivity contribution in [1.82, 2.24) is 9.71 Å². The summed E-state index contributed by atoms with van der Waals surface area (Å²) in [6.07, 6.45) is 0. The zero-order chi connectivity index (χ0) is 24.3. The fourth-order valence-electron chi connectivity index (χ4n) is 3.29. The Bertz CT molecular complexity index is 1500. The molecule has 4 aromatic rings. The maximum Gasteiger partial charge on any atom is 0.281 e. The molecule has 1 heterocycles. The average Bonchev–Trinajstić information content (AvgIpc) is 3.31. The zero-order valence-electron chi connectivity index (χ0n) is 17.7. The van der Waals surface area contributed by atoms with Gasteiger partial charge in [-0.2, -0.15) is 0 Å². The molecule has 1 aromatic heterocycles. The highest BCUT2D eigenvalue weighted by Crippen LogP contribution is 2.32. The van der Waals surface area contributed by atoms with Gasteiger partial charge in [0.15, 0.2) is 0 Å². The topological polar surface area (TPSA) is 147 Å². The number of hydrogen-bond acceptors (Lipinski definition) is 7. The van der Waals surface area contributed by atoms with Gasteiger partial charge in [0.2, 0.25) is 0 Å². The molecule has 0 saturated heterocycles. The van der Waals surface area contributed by atoms with Gasteiger partial charge in [-0.15, -0.1) is 4.91 Å². The number of ether oxygens (including phenoxy) is 1. The molecule has 0 radical (unpaired) electrons. The van der Waals surface area contributed by atoms with Crippen LogP contribution in [0.15, 0.2) is 82.9 Å². The quantitative estimate of drug-likeness (QED) is 0.343. The minimum absolute atomic E-state index is 0.00947. The maximum absolute atomic E-state index is 12.7. The summed E-state index contributed by atoms with van der Waals surface area (Å²) >= 11 is 0. The number of methoxy groups -OCH3 is 1. The van der Waals surface area contributed by atoms with E-state index in [1.54, 1.807) is 30.3 Å². The molecular weight excluding hydrogens is 460 g/mol. The number of hydrogen-bond donors (Lipinski definition) is 3. The summed E-state index contributed by atoms with van der Waals surface area (Å²) in [4.78, 5) is 39.1. The molecule has 11 heteroatoms. The summed E-state index contributed by atoms with van der Waals surface area (Å²) in [5.41, 5.74) is 0.743. The van der Waals surface area contributed by atoms with Crippen LogP contribution >= 0.6 is 0 Å². The highest BCUT2D eigenvalue weighted by molar-refractivity contribution is 7.90. The molecule has 4 rings (SSSR count). The van der Waals surface area contributed by atoms with E-state index in [0.717, 1.165) is 0 Å². The van der Waals surface area contributed by atoms with E-state index in [1.165, 1.54) is 49.6 Å². The Labute approximate surface area is 194 Å². The second kappa shape index (κ2) is 9.16. The number of nitrogens with zero attached hydrogens (tertiary/aromatic N) is 1. The number of aromatic amines is 1. The Morgan fingerprint density at radius 2 is 1.65 bits per heavy atom. The molecule has 2 amide bonds. The van der Waals surface area contributed by atoms with E-state index in [9.17, 15) is 22.9 Å². The molecule has 0 unspecified atom stereocenters. The monoisotopic (exact) mass is 478 g/mol. The van der Waals surface area contributed by atoms with E-state index in [2.05, 4.69) is 15.5 Å². The number of H-pyrrole nitrogens is 1. The lowest BCUT2D eigenvalue weighted by Crippen LogP contribution is -2.30. The molecular formula is C23H18N4O6S. The first-order chi connectivity index (χ1) is 16.3. The number of anilines is 1. The van der Waals surface area contributed by atoms with Gasteiger partial charge in [-0.25, -0.2) is 13.1 Å². The molecule has 0 aliphatic heterocycles. The van der Waals surface area contributed by atoms with Gasteiger partial charge in [-0.05, 0) is 59.8 Å². The molecule has 0 spiro atoms. The molecule has 0 aliphatic carbocycles. The van der Waals surface area contributed by atoms with E-state index in [4.69, 9.17) is 4.74 Å². The first-order valence-electron chi connectivity index (χ1n) is 9.89. The SMILES string of the molecule is COc1ccc(S(=O)(=O)NC(=O)c2cc3c(NC(=O)c4ccccc4)ccc(N=O)c3[nH]2)cc1. The maximum atomic E-state index is 12.7. The molecule has 0 bridgehead atoms. The lowest BCUT2D eigenvalue weighted by molar-refractivity contribution is 0.0976. The Morgan fingerprint density at radius 1 is 0.941 bits per heavy atom. The Hall–Kier alpha value is -4.51. The van der Waals surface area contributed by atoms with E-state index in [0.29, 0.717) is 22.4 Å². The lowest BCUT2D eigenvalue weighted by atomic mass is 10.1. The summed E-state index contributed by atoms with van der Waals surface area (Å²) < 4.78 is 32.2. The largest absolute Gasteiger partial charge is 0.497 e. The van der Waals surface area contributed by atoms with Crippen LogP contribution in [0, 0.1) is 4.91 Å². The zero-order valence-corrected chi connectivity index (χ0v) is 18.5. The molecule has 34 heavy (non-hydrogen) atoms. The molecule has 0 saturated carbocycles. The number of carbonyl (C=O) groups is 2. The van der Waals surface area contributed by atoms with Crippen molar-refractivity contribution < 1.29 is 22.7 Å². The summed E-state index contributed by atoms with van der Waals surface area (Å²) in [5.74, 6) is -0.896. The van der Waals surface area contributed by atoms with Crippen molar-refractivity contribution in [2.75, 3.05) is 12.4 Å². The van der Waals surface area contributed by atoms with Crippen molar-refractivity contribution >= 4 is 44.1 Å². The van der Waals surface area contributed by atoms with Gasteiger partial charge in [0.25, 0.3) is 21.8 Å². The molecule has 3 N–H and O–H groups in total. The number of nitroso groups, excluding NO2 is 1. The Kier molecular flexibility index (Phi) is 6.11. The number of aromatic nitrogens is 1. The van der Waals surface area contributed by atoms with Gasteiger partial charge < -0.3 is 15.0 Å². The summed E-state index contributed by atoms with van der Waals surface area (Å²) in [7, 11) is -2.74. The standard InChI is InChI=1S/C23H18N4O6S/c1-33-15-7-9-16(10-8-15)34(31,32)27-23(29)20-13-17-18(11-12-19(26-30)21(17)24-20)25-22(28)14-5-3-2-4-6-14/h2-13,24H,1H3,(H,25,28)(H,27,29). The predicted octanol–water partition coefficient (Wildman–Crippen LogP) is 3.95. The Morgan fingerprint density at radius 3 is 2.29 bits per heavy atom. The number of carbonyl (C=O) groups excluding carboxylic acids is 2. The molecule has 172 valence electrons. The van der Waals surface area contributed by atoms with Gasteiger partial charge in [0.05, 0.1) is 23.2 Å². The third-order valence-corrected chi connectivity index (χ3v) is 6.34. The summed E-state index contributed by atoms with van der Waals surface area (Å²) in [5, 5.41) is 5.97. The van der Waals surface area contributed by atoms with Crippen LogP contribution in [0.2, 0.25) is 0 Å². The number of sulfonamides is 1. The van der Waals surface area contributed by atoms with Gasteiger partial charge >= 0.3 is 0 Å². The van der Waals surface area contributed by atoms with E-state index >= 15 is 0 Å². The fraction of sp³-hybridized carbons (Fsp3) is 0.0435. The molecule has 3 aromatic carbocycles. The van der Waals surface area contributed by atoms with Crippen LogP contribution in [0.5, 0.6) is 5.75 Å². The molecule has 0 fully saturated rings. The Balaban J connectivity index is 1.65. The second-order valence-electron chi connectivity index (χ2n) is 7.13. The van der Waals surface area contributed by atoms with Gasteiger partial charge in [0, 0.05) is 10.9 Å². The van der Waals surface area contributed by atoms with Crippen molar-refractivity contribution in [3.05, 3.63) is 89.0 Å². The number of amides is 2. The van der Waals surface area contributed by atoms with Crippen molar-refractivity contribution in [2.24, 2.45) is 5.18 Å². The lowest BCUT2D eigenvalue weighted by Gasteiger charge is -2.07. The van der Waals surface area contributed by atoms with Crippen LogP contribution in [-0.2, 0) is 10.0 Å². The molecule has 0 atom stereocenters. The number of fused-ring (bicyclic) bond motifs is 1. The highest BCUT2D eigenvalue weighted by atomic mass is 32.2. The highest BCUT2D eigenvalue weighted by Gasteiger charge is 2.22. The first-order valence-corrected chi connectivity index (χ1v) is 11.4. The van der Waals surface area contributed by atoms with Crippen LogP contribution in [0.3, 0.4) is 0 Å². The number of rotatable bonds is 7.